The van der Waals surface area contributed by atoms with E-state index in [9.17, 15) is 19.3 Å². The van der Waals surface area contributed by atoms with Crippen LogP contribution in [-0.4, -0.2) is 52.7 Å². The molecule has 0 saturated carbocycles. The van der Waals surface area contributed by atoms with Gasteiger partial charge in [-0.25, -0.2) is 14.4 Å². The maximum absolute atomic E-state index is 13.1. The third-order valence-corrected chi connectivity index (χ3v) is 6.04. The molecule has 4 rings (SSSR count). The van der Waals surface area contributed by atoms with Crippen molar-refractivity contribution >= 4 is 40.5 Å². The van der Waals surface area contributed by atoms with Gasteiger partial charge in [-0.05, 0) is 30.3 Å². The molecule has 1 aliphatic rings. The van der Waals surface area contributed by atoms with Crippen molar-refractivity contribution in [3.63, 3.8) is 0 Å². The van der Waals surface area contributed by atoms with Crippen LogP contribution in [0.4, 0.5) is 27.3 Å². The van der Waals surface area contributed by atoms with Crippen molar-refractivity contribution in [3.05, 3.63) is 76.9 Å². The molecule has 1 saturated heterocycles. The number of piperazine rings is 1. The van der Waals surface area contributed by atoms with E-state index in [0.717, 1.165) is 37.7 Å². The van der Waals surface area contributed by atoms with Crippen LogP contribution in [0.15, 0.2) is 66.0 Å². The summed E-state index contributed by atoms with van der Waals surface area (Å²) in [7, 11) is 0. The number of non-ortho nitro benzene ring substituents is 1. The van der Waals surface area contributed by atoms with Gasteiger partial charge in [-0.2, -0.15) is 0 Å². The van der Waals surface area contributed by atoms with E-state index in [0.29, 0.717) is 10.7 Å². The molecule has 1 N–H and O–H groups in total. The number of hydrogen-bond donors (Lipinski definition) is 1. The summed E-state index contributed by atoms with van der Waals surface area (Å²) in [5.74, 6) is 0.360. The second kappa shape index (κ2) is 10.3. The SMILES string of the molecule is O=C(CSc1cc(N2CCN(c3ccc(F)cc3)CC2)ncn1)Nc1cccc([N+](=O)[O-])c1. The van der Waals surface area contributed by atoms with Gasteiger partial charge >= 0.3 is 0 Å². The summed E-state index contributed by atoms with van der Waals surface area (Å²) in [6, 6.07) is 14.1. The van der Waals surface area contributed by atoms with Crippen LogP contribution >= 0.6 is 11.8 Å². The molecule has 2 aromatic carbocycles. The maximum Gasteiger partial charge on any atom is 0.271 e. The average Bonchev–Trinajstić information content (AvgIpc) is 2.84. The first kappa shape index (κ1) is 22.5. The fraction of sp³-hybridized carbons (Fsp3) is 0.227. The Kier molecular flexibility index (Phi) is 6.98. The average molecular weight is 469 g/mol. The maximum atomic E-state index is 13.1. The summed E-state index contributed by atoms with van der Waals surface area (Å²) < 4.78 is 13.1. The van der Waals surface area contributed by atoms with Crippen LogP contribution in [0.1, 0.15) is 0 Å². The molecule has 170 valence electrons. The van der Waals surface area contributed by atoms with Gasteiger partial charge in [-0.3, -0.25) is 14.9 Å². The van der Waals surface area contributed by atoms with E-state index < -0.39 is 4.92 Å². The molecule has 1 amide bonds. The molecule has 33 heavy (non-hydrogen) atoms. The number of halogens is 1. The summed E-state index contributed by atoms with van der Waals surface area (Å²) in [5.41, 5.74) is 1.28. The topological polar surface area (TPSA) is 104 Å². The Labute approximate surface area is 193 Å². The number of carbonyl (C=O) groups is 1. The van der Waals surface area contributed by atoms with E-state index in [-0.39, 0.29) is 23.2 Å². The van der Waals surface area contributed by atoms with Gasteiger partial charge in [0.1, 0.15) is 23.0 Å². The minimum atomic E-state index is -0.508. The molecule has 0 aliphatic carbocycles. The zero-order chi connectivity index (χ0) is 23.2. The number of nitro benzene ring substituents is 1. The first-order valence-electron chi connectivity index (χ1n) is 10.2. The molecule has 0 unspecified atom stereocenters. The molecule has 0 bridgehead atoms. The summed E-state index contributed by atoms with van der Waals surface area (Å²) in [6.07, 6.45) is 1.47. The largest absolute Gasteiger partial charge is 0.368 e. The summed E-state index contributed by atoms with van der Waals surface area (Å²) in [6.45, 7) is 3.07. The van der Waals surface area contributed by atoms with Crippen LogP contribution in [-0.2, 0) is 4.79 Å². The van der Waals surface area contributed by atoms with Gasteiger partial charge in [0.15, 0.2) is 0 Å². The van der Waals surface area contributed by atoms with Gasteiger partial charge in [0.25, 0.3) is 5.69 Å². The first-order valence-corrected chi connectivity index (χ1v) is 11.2. The normalized spacial score (nSPS) is 13.6. The van der Waals surface area contributed by atoms with E-state index in [2.05, 4.69) is 25.1 Å². The van der Waals surface area contributed by atoms with Crippen molar-refractivity contribution in [2.75, 3.05) is 47.0 Å². The molecule has 1 aliphatic heterocycles. The van der Waals surface area contributed by atoms with Crippen LogP contribution in [0.2, 0.25) is 0 Å². The van der Waals surface area contributed by atoms with E-state index in [4.69, 9.17) is 0 Å². The lowest BCUT2D eigenvalue weighted by molar-refractivity contribution is -0.384. The van der Waals surface area contributed by atoms with Gasteiger partial charge in [-0.1, -0.05) is 17.8 Å². The van der Waals surface area contributed by atoms with E-state index in [1.54, 1.807) is 18.2 Å². The molecule has 0 spiro atoms. The van der Waals surface area contributed by atoms with Crippen molar-refractivity contribution in [3.8, 4) is 0 Å². The van der Waals surface area contributed by atoms with Crippen LogP contribution in [0.3, 0.4) is 0 Å². The van der Waals surface area contributed by atoms with Gasteiger partial charge in [0.05, 0.1) is 10.7 Å². The van der Waals surface area contributed by atoms with Crippen molar-refractivity contribution < 1.29 is 14.1 Å². The Morgan fingerprint density at radius 1 is 1.06 bits per heavy atom. The lowest BCUT2D eigenvalue weighted by Crippen LogP contribution is -2.46. The Balaban J connectivity index is 1.30. The Morgan fingerprint density at radius 3 is 2.52 bits per heavy atom. The highest BCUT2D eigenvalue weighted by Gasteiger charge is 2.19. The highest BCUT2D eigenvalue weighted by atomic mass is 32.2. The molecule has 3 aromatic rings. The Bertz CT molecular complexity index is 1140. The van der Waals surface area contributed by atoms with Gasteiger partial charge in [-0.15, -0.1) is 0 Å². The minimum absolute atomic E-state index is 0.0829. The standard InChI is InChI=1S/C22H21FN6O3S/c23-16-4-6-18(7-5-16)27-8-10-28(11-9-27)20-13-22(25-15-24-20)33-14-21(30)26-17-2-1-3-19(12-17)29(31)32/h1-7,12-13,15H,8-11,14H2,(H,26,30). The zero-order valence-corrected chi connectivity index (χ0v) is 18.4. The fourth-order valence-electron chi connectivity index (χ4n) is 3.46. The van der Waals surface area contributed by atoms with Crippen molar-refractivity contribution in [2.45, 2.75) is 5.03 Å². The van der Waals surface area contributed by atoms with Crippen LogP contribution < -0.4 is 15.1 Å². The smallest absolute Gasteiger partial charge is 0.271 e. The number of rotatable bonds is 7. The van der Waals surface area contributed by atoms with E-state index in [1.807, 2.05) is 6.07 Å². The summed E-state index contributed by atoms with van der Waals surface area (Å²) in [4.78, 5) is 35.6. The number of thioether (sulfide) groups is 1. The molecule has 1 aromatic heterocycles. The fourth-order valence-corrected chi connectivity index (χ4v) is 4.12. The number of hydrogen-bond acceptors (Lipinski definition) is 8. The van der Waals surface area contributed by atoms with Gasteiger partial charge in [0, 0.05) is 55.8 Å². The number of carbonyl (C=O) groups excluding carboxylic acids is 1. The first-order chi connectivity index (χ1) is 16.0. The predicted molar refractivity (Wildman–Crippen MR) is 125 cm³/mol. The van der Waals surface area contributed by atoms with Crippen molar-refractivity contribution in [2.24, 2.45) is 0 Å². The Hall–Kier alpha value is -3.73. The third-order valence-electron chi connectivity index (χ3n) is 5.11. The number of nitrogens with one attached hydrogen (secondary N) is 1. The van der Waals surface area contributed by atoms with E-state index in [1.165, 1.54) is 48.4 Å². The quantitative estimate of drug-likeness (QED) is 0.243. The summed E-state index contributed by atoms with van der Waals surface area (Å²) >= 11 is 1.27. The molecule has 11 heteroatoms. The van der Waals surface area contributed by atoms with Crippen LogP contribution in [0.5, 0.6) is 0 Å². The molecule has 0 atom stereocenters. The van der Waals surface area contributed by atoms with Gasteiger partial charge < -0.3 is 15.1 Å². The number of amides is 1. The van der Waals surface area contributed by atoms with Crippen molar-refractivity contribution in [1.82, 2.24) is 9.97 Å². The summed E-state index contributed by atoms with van der Waals surface area (Å²) in [5, 5.41) is 14.2. The second-order valence-electron chi connectivity index (χ2n) is 7.31. The number of nitro groups is 1. The number of aromatic nitrogens is 2. The molecular formula is C22H21FN6O3S. The van der Waals surface area contributed by atoms with Crippen LogP contribution in [0.25, 0.3) is 0 Å². The highest BCUT2D eigenvalue weighted by Crippen LogP contribution is 2.23. The molecular weight excluding hydrogens is 447 g/mol. The van der Waals surface area contributed by atoms with Crippen molar-refractivity contribution in [1.29, 1.82) is 0 Å². The molecule has 2 heterocycles. The van der Waals surface area contributed by atoms with Gasteiger partial charge in [0.2, 0.25) is 5.91 Å². The zero-order valence-electron chi connectivity index (χ0n) is 17.6. The van der Waals surface area contributed by atoms with Crippen LogP contribution in [0, 0.1) is 15.9 Å². The molecule has 1 fully saturated rings. The number of nitrogens with zero attached hydrogens (tertiary/aromatic N) is 5. The molecule has 0 radical (unpaired) electrons. The van der Waals surface area contributed by atoms with E-state index >= 15 is 0 Å². The second-order valence-corrected chi connectivity index (χ2v) is 8.30. The predicted octanol–water partition coefficient (Wildman–Crippen LogP) is 3.58. The molecule has 9 nitrogen and oxygen atoms in total. The Morgan fingerprint density at radius 2 is 1.79 bits per heavy atom. The highest BCUT2D eigenvalue weighted by molar-refractivity contribution is 7.99. The number of benzene rings is 2. The minimum Gasteiger partial charge on any atom is -0.368 e. The monoisotopic (exact) mass is 468 g/mol. The lowest BCUT2D eigenvalue weighted by Gasteiger charge is -2.36. The lowest BCUT2D eigenvalue weighted by atomic mass is 10.2. The number of anilines is 3. The third kappa shape index (κ3) is 5.95.